The van der Waals surface area contributed by atoms with Gasteiger partial charge in [0.15, 0.2) is 5.69 Å². The lowest BCUT2D eigenvalue weighted by molar-refractivity contribution is -0.384. The van der Waals surface area contributed by atoms with Crippen LogP contribution in [0.2, 0.25) is 0 Å². The third-order valence-corrected chi connectivity index (χ3v) is 4.73. The molecular formula is C18H21N5O4. The lowest BCUT2D eigenvalue weighted by atomic mass is 9.95. The second kappa shape index (κ2) is 7.67. The van der Waals surface area contributed by atoms with E-state index in [-0.39, 0.29) is 29.0 Å². The molecule has 1 saturated heterocycles. The van der Waals surface area contributed by atoms with Crippen molar-refractivity contribution in [3.63, 3.8) is 0 Å². The number of nitrogens with zero attached hydrogens (tertiary/aromatic N) is 3. The third-order valence-electron chi connectivity index (χ3n) is 4.73. The van der Waals surface area contributed by atoms with E-state index < -0.39 is 16.3 Å². The van der Waals surface area contributed by atoms with Crippen molar-refractivity contribution in [2.24, 2.45) is 5.92 Å². The van der Waals surface area contributed by atoms with Crippen molar-refractivity contribution in [1.29, 1.82) is 0 Å². The molecule has 2 aromatic rings. The number of aryl methyl sites for hydroxylation is 1. The van der Waals surface area contributed by atoms with Crippen molar-refractivity contribution in [2.45, 2.75) is 26.3 Å². The minimum Gasteiger partial charge on any atom is -0.347 e. The molecule has 2 N–H and O–H groups in total. The number of hydrogen-bond acceptors (Lipinski definition) is 6. The number of aromatic nitrogens is 2. The number of nitro groups is 1. The number of carbonyl (C=O) groups is 1. The number of amides is 1. The van der Waals surface area contributed by atoms with Gasteiger partial charge in [-0.25, -0.2) is 4.68 Å². The predicted octanol–water partition coefficient (Wildman–Crippen LogP) is 1.18. The van der Waals surface area contributed by atoms with E-state index >= 15 is 0 Å². The van der Waals surface area contributed by atoms with E-state index in [1.165, 1.54) is 22.9 Å². The molecule has 2 unspecified atom stereocenters. The van der Waals surface area contributed by atoms with Crippen molar-refractivity contribution in [3.8, 4) is 5.69 Å². The highest BCUT2D eigenvalue weighted by molar-refractivity contribution is 5.92. The largest absolute Gasteiger partial charge is 0.347 e. The van der Waals surface area contributed by atoms with Gasteiger partial charge in [0, 0.05) is 23.9 Å². The van der Waals surface area contributed by atoms with Gasteiger partial charge in [0.1, 0.15) is 5.69 Å². The van der Waals surface area contributed by atoms with Crippen molar-refractivity contribution >= 4 is 11.6 Å². The fourth-order valence-corrected chi connectivity index (χ4v) is 3.21. The molecule has 1 amide bonds. The molecule has 1 fully saturated rings. The van der Waals surface area contributed by atoms with Gasteiger partial charge < -0.3 is 10.6 Å². The van der Waals surface area contributed by atoms with Crippen LogP contribution in [0.3, 0.4) is 0 Å². The van der Waals surface area contributed by atoms with Crippen LogP contribution in [0.4, 0.5) is 5.69 Å². The van der Waals surface area contributed by atoms with Gasteiger partial charge >= 0.3 is 0 Å². The number of piperidine rings is 1. The molecule has 3 rings (SSSR count). The average Bonchev–Trinajstić information content (AvgIpc) is 2.63. The van der Waals surface area contributed by atoms with Crippen LogP contribution in [0, 0.1) is 23.0 Å². The van der Waals surface area contributed by atoms with Gasteiger partial charge in [-0.2, -0.15) is 5.10 Å². The third kappa shape index (κ3) is 3.87. The lowest BCUT2D eigenvalue weighted by Crippen LogP contribution is -2.49. The summed E-state index contributed by atoms with van der Waals surface area (Å²) in [7, 11) is 0. The Balaban J connectivity index is 1.99. The van der Waals surface area contributed by atoms with Crippen molar-refractivity contribution < 1.29 is 9.72 Å². The first-order valence-electron chi connectivity index (χ1n) is 8.75. The maximum Gasteiger partial charge on any atom is 0.294 e. The van der Waals surface area contributed by atoms with Crippen molar-refractivity contribution in [3.05, 3.63) is 62.1 Å². The Morgan fingerprint density at radius 3 is 2.85 bits per heavy atom. The first kappa shape index (κ1) is 18.7. The molecule has 9 heteroatoms. The molecule has 2 atom stereocenters. The Hall–Kier alpha value is -3.07. The smallest absolute Gasteiger partial charge is 0.294 e. The molecule has 1 aromatic carbocycles. The molecule has 0 bridgehead atoms. The fourth-order valence-electron chi connectivity index (χ4n) is 3.21. The molecule has 0 radical (unpaired) electrons. The normalized spacial score (nSPS) is 19.5. The summed E-state index contributed by atoms with van der Waals surface area (Å²) < 4.78 is 1.26. The Morgan fingerprint density at radius 2 is 2.15 bits per heavy atom. The number of nitrogens with one attached hydrogen (secondary N) is 2. The molecule has 9 nitrogen and oxygen atoms in total. The highest BCUT2D eigenvalue weighted by Crippen LogP contribution is 2.22. The zero-order valence-electron chi connectivity index (χ0n) is 15.1. The summed E-state index contributed by atoms with van der Waals surface area (Å²) in [6, 6.07) is 7.28. The van der Waals surface area contributed by atoms with Crippen LogP contribution in [-0.2, 0) is 0 Å². The van der Waals surface area contributed by atoms with E-state index in [2.05, 4.69) is 15.7 Å². The molecule has 142 valence electrons. The highest BCUT2D eigenvalue weighted by atomic mass is 16.6. The van der Waals surface area contributed by atoms with Crippen molar-refractivity contribution in [2.75, 3.05) is 13.1 Å². The standard InChI is InChI=1S/C18H21N5O4/c1-11-10-19-8-7-13(11)20-18(25)17-16(24)9-12(2)22(21-17)14-5-3-4-6-15(14)23(26)27/h3-6,9,11,13,19H,7-8,10H2,1-2H3,(H,20,25). The monoisotopic (exact) mass is 371 g/mol. The fraction of sp³-hybridized carbons (Fsp3) is 0.389. The Labute approximate surface area is 155 Å². The number of benzene rings is 1. The second-order valence-corrected chi connectivity index (χ2v) is 6.71. The topological polar surface area (TPSA) is 119 Å². The van der Waals surface area contributed by atoms with Crippen LogP contribution in [0.1, 0.15) is 29.5 Å². The number of hydrogen-bond donors (Lipinski definition) is 2. The first-order chi connectivity index (χ1) is 12.9. The summed E-state index contributed by atoms with van der Waals surface area (Å²) in [5.41, 5.74) is -0.341. The summed E-state index contributed by atoms with van der Waals surface area (Å²) in [6.07, 6.45) is 0.761. The SMILES string of the molecule is Cc1cc(=O)c(C(=O)NC2CCNCC2C)nn1-c1ccccc1[N+](=O)[O-]. The molecule has 27 heavy (non-hydrogen) atoms. The molecule has 2 heterocycles. The molecule has 1 aliphatic heterocycles. The summed E-state index contributed by atoms with van der Waals surface area (Å²) in [4.78, 5) is 35.8. The minimum atomic E-state index is -0.564. The molecule has 1 aromatic heterocycles. The average molecular weight is 371 g/mol. The van der Waals surface area contributed by atoms with Crippen LogP contribution in [-0.4, -0.2) is 39.7 Å². The van der Waals surface area contributed by atoms with Gasteiger partial charge in [-0.1, -0.05) is 19.1 Å². The van der Waals surface area contributed by atoms with E-state index in [1.54, 1.807) is 19.1 Å². The quantitative estimate of drug-likeness (QED) is 0.615. The predicted molar refractivity (Wildman–Crippen MR) is 99.1 cm³/mol. The van der Waals surface area contributed by atoms with Gasteiger partial charge in [0.05, 0.1) is 4.92 Å². The summed E-state index contributed by atoms with van der Waals surface area (Å²) in [5.74, 6) is -0.336. The summed E-state index contributed by atoms with van der Waals surface area (Å²) >= 11 is 0. The number of para-hydroxylation sites is 2. The highest BCUT2D eigenvalue weighted by Gasteiger charge is 2.26. The van der Waals surface area contributed by atoms with E-state index in [4.69, 9.17) is 0 Å². The molecule has 0 aliphatic carbocycles. The molecular weight excluding hydrogens is 350 g/mol. The van der Waals surface area contributed by atoms with Gasteiger partial charge in [-0.05, 0) is 38.4 Å². The molecule has 0 saturated carbocycles. The van der Waals surface area contributed by atoms with Crippen LogP contribution in [0.5, 0.6) is 0 Å². The zero-order valence-corrected chi connectivity index (χ0v) is 15.1. The Kier molecular flexibility index (Phi) is 5.31. The zero-order chi connectivity index (χ0) is 19.6. The Morgan fingerprint density at radius 1 is 1.41 bits per heavy atom. The number of rotatable bonds is 4. The van der Waals surface area contributed by atoms with E-state index in [0.29, 0.717) is 5.69 Å². The van der Waals surface area contributed by atoms with Gasteiger partial charge in [0.25, 0.3) is 11.6 Å². The van der Waals surface area contributed by atoms with Crippen LogP contribution >= 0.6 is 0 Å². The maximum absolute atomic E-state index is 12.7. The lowest BCUT2D eigenvalue weighted by Gasteiger charge is -2.30. The summed E-state index contributed by atoms with van der Waals surface area (Å²) in [5, 5.41) is 21.6. The van der Waals surface area contributed by atoms with Crippen LogP contribution < -0.4 is 16.1 Å². The first-order valence-corrected chi connectivity index (χ1v) is 8.75. The minimum absolute atomic E-state index is 0.0548. The van der Waals surface area contributed by atoms with Crippen LogP contribution in [0.25, 0.3) is 5.69 Å². The number of carbonyl (C=O) groups excluding carboxylic acids is 1. The maximum atomic E-state index is 12.7. The molecule has 1 aliphatic rings. The van der Waals surface area contributed by atoms with E-state index in [0.717, 1.165) is 19.5 Å². The van der Waals surface area contributed by atoms with E-state index in [9.17, 15) is 19.7 Å². The summed E-state index contributed by atoms with van der Waals surface area (Å²) in [6.45, 7) is 5.21. The van der Waals surface area contributed by atoms with Gasteiger partial charge in [0.2, 0.25) is 5.43 Å². The molecule has 0 spiro atoms. The van der Waals surface area contributed by atoms with Gasteiger partial charge in [-0.3, -0.25) is 19.7 Å². The number of nitro benzene ring substituents is 1. The Bertz CT molecular complexity index is 940. The second-order valence-electron chi connectivity index (χ2n) is 6.71. The van der Waals surface area contributed by atoms with Crippen molar-refractivity contribution in [1.82, 2.24) is 20.4 Å². The van der Waals surface area contributed by atoms with Crippen LogP contribution in [0.15, 0.2) is 35.1 Å². The van der Waals surface area contributed by atoms with Gasteiger partial charge in [-0.15, -0.1) is 0 Å². The van der Waals surface area contributed by atoms with E-state index in [1.807, 2.05) is 6.92 Å².